The molecule has 0 aromatic heterocycles. The molecular weight excluding hydrogens is 295 g/mol. The third-order valence-corrected chi connectivity index (χ3v) is 3.96. The second-order valence-corrected chi connectivity index (χ2v) is 4.76. The van der Waals surface area contributed by atoms with Crippen molar-refractivity contribution in [2.75, 3.05) is 0 Å². The molecule has 0 aliphatic heterocycles. The Balaban J connectivity index is 0. The first-order valence-electron chi connectivity index (χ1n) is 6.58. The summed E-state index contributed by atoms with van der Waals surface area (Å²) in [5.74, 6) is 0. The maximum absolute atomic E-state index is 7.75. The van der Waals surface area contributed by atoms with Crippen LogP contribution in [0.4, 0.5) is 0 Å². The van der Waals surface area contributed by atoms with Crippen LogP contribution >= 0.6 is 0 Å². The summed E-state index contributed by atoms with van der Waals surface area (Å²) in [7, 11) is 0. The van der Waals surface area contributed by atoms with Crippen molar-refractivity contribution >= 4 is 20.4 Å². The van der Waals surface area contributed by atoms with E-state index in [1.54, 1.807) is 0 Å². The molecule has 0 aromatic carbocycles. The molecule has 0 atom stereocenters. The van der Waals surface area contributed by atoms with Crippen molar-refractivity contribution in [2.24, 2.45) is 0 Å². The van der Waals surface area contributed by atoms with Gasteiger partial charge in [0.25, 0.3) is 0 Å². The van der Waals surface area contributed by atoms with E-state index in [9.17, 15) is 0 Å². The van der Waals surface area contributed by atoms with Crippen molar-refractivity contribution in [3.05, 3.63) is 22.3 Å². The van der Waals surface area contributed by atoms with Crippen LogP contribution in [0.1, 0.15) is 57.8 Å². The van der Waals surface area contributed by atoms with Crippen molar-refractivity contribution in [1.82, 2.24) is 0 Å². The van der Waals surface area contributed by atoms with Crippen molar-refractivity contribution in [3.63, 3.8) is 0 Å². The molecule has 0 spiro atoms. The molecule has 0 aromatic rings. The molecule has 110 valence electrons. The van der Waals surface area contributed by atoms with Gasteiger partial charge in [-0.15, -0.1) is 0 Å². The van der Waals surface area contributed by atoms with Gasteiger partial charge in [0.2, 0.25) is 0 Å². The van der Waals surface area contributed by atoms with E-state index < -0.39 is 0 Å². The fraction of sp³-hybridized carbons (Fsp3) is 0.562. The van der Waals surface area contributed by atoms with Gasteiger partial charge in [0, 0.05) is 0 Å². The van der Waals surface area contributed by atoms with Gasteiger partial charge in [0.1, 0.15) is 0 Å². The van der Waals surface area contributed by atoms with E-state index in [4.69, 9.17) is 14.4 Å². The van der Waals surface area contributed by atoms with E-state index in [2.05, 4.69) is 20.4 Å². The SMILES string of the molecule is C1CCC2=C(C1)CC1=C2CCCC1.[CH-]=O.[CH-]=O.[CH-]=O.[Mn+3]. The van der Waals surface area contributed by atoms with Gasteiger partial charge in [-0.1, -0.05) is 11.1 Å². The molecule has 4 heteroatoms. The molecule has 3 aliphatic carbocycles. The zero-order valence-electron chi connectivity index (χ0n) is 11.7. The number of hydrogen-bond acceptors (Lipinski definition) is 3. The number of allylic oxidation sites excluding steroid dienone is 4. The van der Waals surface area contributed by atoms with E-state index in [1.807, 2.05) is 22.3 Å². The Morgan fingerprint density at radius 1 is 0.550 bits per heavy atom. The van der Waals surface area contributed by atoms with Crippen LogP contribution in [-0.4, -0.2) is 20.4 Å². The first-order chi connectivity index (χ1) is 9.45. The molecule has 3 nitrogen and oxygen atoms in total. The van der Waals surface area contributed by atoms with Crippen LogP contribution in [0.5, 0.6) is 0 Å². The minimum Gasteiger partial charge on any atom is -0.545 e. The monoisotopic (exact) mass is 316 g/mol. The Morgan fingerprint density at radius 3 is 1.20 bits per heavy atom. The minimum atomic E-state index is 0. The summed E-state index contributed by atoms with van der Waals surface area (Å²) in [5.41, 5.74) is 7.30. The van der Waals surface area contributed by atoms with E-state index in [0.717, 1.165) is 0 Å². The molecule has 20 heavy (non-hydrogen) atoms. The summed E-state index contributed by atoms with van der Waals surface area (Å²) in [6.07, 6.45) is 12.9. The van der Waals surface area contributed by atoms with E-state index >= 15 is 0 Å². The summed E-state index contributed by atoms with van der Waals surface area (Å²) < 4.78 is 0. The summed E-state index contributed by atoms with van der Waals surface area (Å²) >= 11 is 0. The number of fused-ring (bicyclic) bond motifs is 1. The van der Waals surface area contributed by atoms with Gasteiger partial charge < -0.3 is 14.4 Å². The number of rotatable bonds is 0. The maximum Gasteiger partial charge on any atom is 3.00 e. The topological polar surface area (TPSA) is 51.2 Å². The molecular formula is C16H21MnO3. The molecule has 0 unspecified atom stereocenters. The quantitative estimate of drug-likeness (QED) is 0.391. The molecule has 0 heterocycles. The Hall–Kier alpha value is -0.991. The van der Waals surface area contributed by atoms with Gasteiger partial charge in [-0.3, -0.25) is 20.4 Å². The summed E-state index contributed by atoms with van der Waals surface area (Å²) in [5, 5.41) is 0. The minimum absolute atomic E-state index is 0. The molecule has 0 radical (unpaired) electrons. The van der Waals surface area contributed by atoms with Crippen LogP contribution in [0.15, 0.2) is 22.3 Å². The molecule has 0 amide bonds. The van der Waals surface area contributed by atoms with Crippen molar-refractivity contribution in [2.45, 2.75) is 57.8 Å². The fourth-order valence-corrected chi connectivity index (χ4v) is 3.31. The molecule has 0 saturated carbocycles. The zero-order chi connectivity index (χ0) is 14.7. The molecule has 3 rings (SSSR count). The maximum atomic E-state index is 7.75. The van der Waals surface area contributed by atoms with Crippen molar-refractivity contribution < 1.29 is 31.5 Å². The predicted molar refractivity (Wildman–Crippen MR) is 75.9 cm³/mol. The standard InChI is InChI=1S/C13H18.3CHO.Mn/c1-3-7-12-10(5-1)9-11-6-2-4-8-13(11)12;3*1-2;/h1-9H2;3*1H;/q;3*-1;+3. The molecule has 0 fully saturated rings. The predicted octanol–water partition coefficient (Wildman–Crippen LogP) is 3.31. The zero-order valence-corrected chi connectivity index (χ0v) is 12.9. The molecule has 0 saturated heterocycles. The average molecular weight is 316 g/mol. The van der Waals surface area contributed by atoms with Gasteiger partial charge in [0.05, 0.1) is 0 Å². The molecule has 0 bridgehead atoms. The van der Waals surface area contributed by atoms with Crippen LogP contribution in [0.25, 0.3) is 0 Å². The summed E-state index contributed by atoms with van der Waals surface area (Å²) in [6, 6.07) is 0. The normalized spacial score (nSPS) is 18.6. The first-order valence-corrected chi connectivity index (χ1v) is 6.58. The van der Waals surface area contributed by atoms with E-state index in [1.165, 1.54) is 57.8 Å². The van der Waals surface area contributed by atoms with Crippen LogP contribution in [0.3, 0.4) is 0 Å². The Kier molecular flexibility index (Phi) is 13.9. The summed E-state index contributed by atoms with van der Waals surface area (Å²) in [6.45, 7) is 9.75. The second kappa shape index (κ2) is 13.0. The van der Waals surface area contributed by atoms with Crippen LogP contribution in [0, 0.1) is 0 Å². The second-order valence-electron chi connectivity index (χ2n) is 4.76. The van der Waals surface area contributed by atoms with Crippen LogP contribution < -0.4 is 0 Å². The van der Waals surface area contributed by atoms with Crippen molar-refractivity contribution in [1.29, 1.82) is 0 Å². The van der Waals surface area contributed by atoms with E-state index in [-0.39, 0.29) is 17.1 Å². The Labute approximate surface area is 132 Å². The van der Waals surface area contributed by atoms with Gasteiger partial charge in [0.15, 0.2) is 0 Å². The molecule has 3 aliphatic rings. The number of hydrogen-bond donors (Lipinski definition) is 0. The van der Waals surface area contributed by atoms with Gasteiger partial charge in [-0.2, -0.15) is 0 Å². The summed E-state index contributed by atoms with van der Waals surface area (Å²) in [4.78, 5) is 23.2. The largest absolute Gasteiger partial charge is 3.00 e. The third-order valence-electron chi connectivity index (χ3n) is 3.96. The Bertz CT molecular complexity index is 313. The number of carbonyl (C=O) groups excluding carboxylic acids is 3. The van der Waals surface area contributed by atoms with Crippen molar-refractivity contribution in [3.8, 4) is 0 Å². The first kappa shape index (κ1) is 21.3. The van der Waals surface area contributed by atoms with Crippen LogP contribution in [-0.2, 0) is 31.5 Å². The van der Waals surface area contributed by atoms with Gasteiger partial charge in [-0.05, 0) is 68.9 Å². The Morgan fingerprint density at radius 2 is 0.850 bits per heavy atom. The van der Waals surface area contributed by atoms with Crippen LogP contribution in [0.2, 0.25) is 0 Å². The van der Waals surface area contributed by atoms with E-state index in [0.29, 0.717) is 0 Å². The van der Waals surface area contributed by atoms with Gasteiger partial charge >= 0.3 is 17.1 Å². The fourth-order valence-electron chi connectivity index (χ4n) is 3.31. The molecule has 0 N–H and O–H groups in total. The third kappa shape index (κ3) is 5.18. The average Bonchev–Trinajstić information content (AvgIpc) is 2.92. The van der Waals surface area contributed by atoms with Gasteiger partial charge in [-0.25, -0.2) is 0 Å². The smallest absolute Gasteiger partial charge is 0.545 e.